The summed E-state index contributed by atoms with van der Waals surface area (Å²) in [6.45, 7) is 0.734. The van der Waals surface area contributed by atoms with Gasteiger partial charge in [0.05, 0.1) is 6.04 Å². The van der Waals surface area contributed by atoms with Gasteiger partial charge in [0.1, 0.15) is 10.7 Å². The Labute approximate surface area is 137 Å². The van der Waals surface area contributed by atoms with Crippen molar-refractivity contribution < 1.29 is 21.6 Å². The second-order valence-electron chi connectivity index (χ2n) is 5.32. The average molecular weight is 357 g/mol. The SMILES string of the molecule is O=S(=O)(c1cc(F)c(F)cc1F)N1CCNCC1c1cccnc1. The van der Waals surface area contributed by atoms with Crippen LogP contribution in [0, 0.1) is 17.5 Å². The van der Waals surface area contributed by atoms with E-state index in [2.05, 4.69) is 10.3 Å². The molecule has 0 spiro atoms. The number of hydrogen-bond donors (Lipinski definition) is 1. The zero-order valence-corrected chi connectivity index (χ0v) is 13.2. The van der Waals surface area contributed by atoms with Crippen LogP contribution in [-0.4, -0.2) is 37.3 Å². The summed E-state index contributed by atoms with van der Waals surface area (Å²) in [6.07, 6.45) is 3.06. The molecular weight excluding hydrogens is 343 g/mol. The van der Waals surface area contributed by atoms with E-state index < -0.39 is 38.4 Å². The lowest BCUT2D eigenvalue weighted by Crippen LogP contribution is -2.48. The molecule has 0 bridgehead atoms. The maximum absolute atomic E-state index is 14.0. The van der Waals surface area contributed by atoms with E-state index in [9.17, 15) is 21.6 Å². The molecule has 1 aliphatic heterocycles. The van der Waals surface area contributed by atoms with E-state index in [1.807, 2.05) is 0 Å². The van der Waals surface area contributed by atoms with E-state index in [0.717, 1.165) is 4.31 Å². The summed E-state index contributed by atoms with van der Waals surface area (Å²) in [7, 11) is -4.35. The monoisotopic (exact) mass is 357 g/mol. The van der Waals surface area contributed by atoms with Crippen molar-refractivity contribution in [1.29, 1.82) is 0 Å². The van der Waals surface area contributed by atoms with Crippen molar-refractivity contribution in [2.75, 3.05) is 19.6 Å². The normalized spacial score (nSPS) is 19.4. The Morgan fingerprint density at radius 1 is 1.17 bits per heavy atom. The number of aromatic nitrogens is 1. The van der Waals surface area contributed by atoms with Crippen LogP contribution in [0.4, 0.5) is 13.2 Å². The summed E-state index contributed by atoms with van der Waals surface area (Å²) >= 11 is 0. The van der Waals surface area contributed by atoms with Crippen molar-refractivity contribution >= 4 is 10.0 Å². The Morgan fingerprint density at radius 3 is 2.62 bits per heavy atom. The number of rotatable bonds is 3. The van der Waals surface area contributed by atoms with E-state index in [1.54, 1.807) is 18.3 Å². The zero-order chi connectivity index (χ0) is 17.3. The van der Waals surface area contributed by atoms with Gasteiger partial charge in [0.25, 0.3) is 0 Å². The van der Waals surface area contributed by atoms with Crippen molar-refractivity contribution in [2.45, 2.75) is 10.9 Å². The highest BCUT2D eigenvalue weighted by molar-refractivity contribution is 7.89. The molecule has 1 aliphatic rings. The minimum Gasteiger partial charge on any atom is -0.313 e. The highest BCUT2D eigenvalue weighted by atomic mass is 32.2. The van der Waals surface area contributed by atoms with Crippen LogP contribution in [0.3, 0.4) is 0 Å². The van der Waals surface area contributed by atoms with Gasteiger partial charge in [-0.05, 0) is 17.7 Å². The summed E-state index contributed by atoms with van der Waals surface area (Å²) in [6, 6.07) is 3.36. The second kappa shape index (κ2) is 6.50. The molecule has 128 valence electrons. The van der Waals surface area contributed by atoms with Crippen LogP contribution in [0.15, 0.2) is 41.6 Å². The fourth-order valence-electron chi connectivity index (χ4n) is 2.66. The van der Waals surface area contributed by atoms with E-state index >= 15 is 0 Å². The van der Waals surface area contributed by atoms with Crippen LogP contribution in [0.2, 0.25) is 0 Å². The van der Waals surface area contributed by atoms with Crippen molar-refractivity contribution in [3.8, 4) is 0 Å². The van der Waals surface area contributed by atoms with E-state index in [0.29, 0.717) is 24.7 Å². The molecule has 2 aromatic rings. The van der Waals surface area contributed by atoms with Crippen LogP contribution in [-0.2, 0) is 10.0 Å². The summed E-state index contributed by atoms with van der Waals surface area (Å²) in [5.41, 5.74) is 0.622. The Bertz CT molecular complexity index is 847. The molecule has 1 N–H and O–H groups in total. The van der Waals surface area contributed by atoms with Crippen molar-refractivity contribution in [2.24, 2.45) is 0 Å². The molecule has 1 unspecified atom stereocenters. The van der Waals surface area contributed by atoms with Gasteiger partial charge in [-0.15, -0.1) is 0 Å². The molecule has 0 radical (unpaired) electrons. The predicted molar refractivity (Wildman–Crippen MR) is 80.1 cm³/mol. The van der Waals surface area contributed by atoms with Crippen molar-refractivity contribution in [1.82, 2.24) is 14.6 Å². The summed E-state index contributed by atoms with van der Waals surface area (Å²) < 4.78 is 67.2. The van der Waals surface area contributed by atoms with Gasteiger partial charge in [-0.2, -0.15) is 4.31 Å². The van der Waals surface area contributed by atoms with Gasteiger partial charge in [0.15, 0.2) is 11.6 Å². The molecule has 2 heterocycles. The van der Waals surface area contributed by atoms with Crippen LogP contribution in [0.25, 0.3) is 0 Å². The average Bonchev–Trinajstić information content (AvgIpc) is 2.59. The molecular formula is C15H14F3N3O2S. The van der Waals surface area contributed by atoms with Crippen molar-refractivity contribution in [3.63, 3.8) is 0 Å². The van der Waals surface area contributed by atoms with Gasteiger partial charge >= 0.3 is 0 Å². The maximum atomic E-state index is 14.0. The summed E-state index contributed by atoms with van der Waals surface area (Å²) in [5.74, 6) is -4.17. The number of sulfonamides is 1. The topological polar surface area (TPSA) is 62.3 Å². The molecule has 9 heteroatoms. The van der Waals surface area contributed by atoms with Gasteiger partial charge in [0, 0.05) is 38.1 Å². The lowest BCUT2D eigenvalue weighted by Gasteiger charge is -2.35. The minimum absolute atomic E-state index is 0.0698. The molecule has 1 aromatic carbocycles. The second-order valence-corrected chi connectivity index (χ2v) is 7.18. The molecule has 3 rings (SSSR count). The van der Waals surface area contributed by atoms with Gasteiger partial charge in [-0.1, -0.05) is 6.07 Å². The van der Waals surface area contributed by atoms with Crippen LogP contribution < -0.4 is 5.32 Å². The van der Waals surface area contributed by atoms with Gasteiger partial charge in [-0.3, -0.25) is 4.98 Å². The highest BCUT2D eigenvalue weighted by Crippen LogP contribution is 2.30. The number of nitrogens with zero attached hydrogens (tertiary/aromatic N) is 2. The first-order chi connectivity index (χ1) is 11.4. The van der Waals surface area contributed by atoms with Crippen LogP contribution in [0.1, 0.15) is 11.6 Å². The smallest absolute Gasteiger partial charge is 0.246 e. The van der Waals surface area contributed by atoms with Gasteiger partial charge < -0.3 is 5.32 Å². The first-order valence-electron chi connectivity index (χ1n) is 7.18. The van der Waals surface area contributed by atoms with Crippen LogP contribution >= 0.6 is 0 Å². The third kappa shape index (κ3) is 3.02. The molecule has 1 atom stereocenters. The highest BCUT2D eigenvalue weighted by Gasteiger charge is 2.36. The zero-order valence-electron chi connectivity index (χ0n) is 12.4. The number of benzene rings is 1. The summed E-state index contributed by atoms with van der Waals surface area (Å²) in [5, 5.41) is 3.06. The lowest BCUT2D eigenvalue weighted by atomic mass is 10.1. The first-order valence-corrected chi connectivity index (χ1v) is 8.62. The van der Waals surface area contributed by atoms with E-state index in [1.165, 1.54) is 6.20 Å². The molecule has 24 heavy (non-hydrogen) atoms. The Hall–Kier alpha value is -1.97. The number of pyridine rings is 1. The van der Waals surface area contributed by atoms with Crippen molar-refractivity contribution in [3.05, 3.63) is 59.7 Å². The molecule has 1 aromatic heterocycles. The fraction of sp³-hybridized carbons (Fsp3) is 0.267. The Kier molecular flexibility index (Phi) is 4.57. The predicted octanol–water partition coefficient (Wildman–Crippen LogP) is 1.83. The fourth-order valence-corrected chi connectivity index (χ4v) is 4.33. The lowest BCUT2D eigenvalue weighted by molar-refractivity contribution is 0.270. The van der Waals surface area contributed by atoms with E-state index in [4.69, 9.17) is 0 Å². The molecule has 5 nitrogen and oxygen atoms in total. The minimum atomic E-state index is -4.35. The molecule has 0 amide bonds. The molecule has 0 saturated carbocycles. The van der Waals surface area contributed by atoms with Gasteiger partial charge in [-0.25, -0.2) is 21.6 Å². The third-order valence-corrected chi connectivity index (χ3v) is 5.75. The Morgan fingerprint density at radius 2 is 1.92 bits per heavy atom. The molecule has 1 fully saturated rings. The Balaban J connectivity index is 2.06. The number of hydrogen-bond acceptors (Lipinski definition) is 4. The largest absolute Gasteiger partial charge is 0.313 e. The van der Waals surface area contributed by atoms with E-state index in [-0.39, 0.29) is 12.6 Å². The molecule has 1 saturated heterocycles. The first kappa shape index (κ1) is 16.9. The standard InChI is InChI=1S/C15H14F3N3O2S/c16-11-6-13(18)15(7-12(11)17)24(22,23)21-5-4-20-9-14(21)10-2-1-3-19-8-10/h1-3,6-8,14,20H,4-5,9H2. The quantitative estimate of drug-likeness (QED) is 0.852. The van der Waals surface area contributed by atoms with Crippen LogP contribution in [0.5, 0.6) is 0 Å². The summed E-state index contributed by atoms with van der Waals surface area (Å²) in [4.78, 5) is 3.08. The maximum Gasteiger partial charge on any atom is 0.246 e. The van der Waals surface area contributed by atoms with Gasteiger partial charge in [0.2, 0.25) is 10.0 Å². The number of nitrogens with one attached hydrogen (secondary N) is 1. The number of piperazine rings is 1. The third-order valence-electron chi connectivity index (χ3n) is 3.82. The molecule has 0 aliphatic carbocycles. The number of halogens is 3.